The molecule has 0 aliphatic carbocycles. The van der Waals surface area contributed by atoms with Crippen molar-refractivity contribution < 1.29 is 9.18 Å². The Bertz CT molecular complexity index is 1070. The highest BCUT2D eigenvalue weighted by Gasteiger charge is 2.14. The summed E-state index contributed by atoms with van der Waals surface area (Å²) >= 11 is 0. The number of nitrogen functional groups attached to an aromatic ring is 1. The Labute approximate surface area is 146 Å². The van der Waals surface area contributed by atoms with Crippen LogP contribution in [0.15, 0.2) is 58.1 Å². The van der Waals surface area contributed by atoms with Crippen LogP contribution >= 0.6 is 0 Å². The van der Waals surface area contributed by atoms with Gasteiger partial charge in [-0.2, -0.15) is 0 Å². The summed E-state index contributed by atoms with van der Waals surface area (Å²) in [6.45, 7) is 0.155. The molecule has 7 nitrogen and oxygen atoms in total. The van der Waals surface area contributed by atoms with E-state index in [1.807, 2.05) is 23.2 Å². The zero-order valence-corrected chi connectivity index (χ0v) is 13.5. The third kappa shape index (κ3) is 3.69. The topological polar surface area (TPSA) is 121 Å². The molecule has 26 heavy (non-hydrogen) atoms. The van der Waals surface area contributed by atoms with Gasteiger partial charge in [-0.25, -0.2) is 9.18 Å². The molecule has 0 spiro atoms. The molecule has 0 radical (unpaired) electrons. The Morgan fingerprint density at radius 3 is 2.50 bits per heavy atom. The Kier molecular flexibility index (Phi) is 4.66. The molecule has 3 aromatic rings. The van der Waals surface area contributed by atoms with E-state index in [2.05, 4.69) is 10.3 Å². The average molecular weight is 354 g/mol. The van der Waals surface area contributed by atoms with Crippen molar-refractivity contribution in [1.29, 1.82) is 0 Å². The van der Waals surface area contributed by atoms with E-state index in [4.69, 9.17) is 5.73 Å². The van der Waals surface area contributed by atoms with Gasteiger partial charge in [-0.1, -0.05) is 30.3 Å². The second kappa shape index (κ2) is 7.06. The first-order chi connectivity index (χ1) is 12.4. The van der Waals surface area contributed by atoms with Crippen LogP contribution in [0.25, 0.3) is 11.1 Å². The Morgan fingerprint density at radius 1 is 1.04 bits per heavy atom. The lowest BCUT2D eigenvalue weighted by atomic mass is 10.0. The van der Waals surface area contributed by atoms with Gasteiger partial charge in [0.25, 0.3) is 11.5 Å². The Hall–Kier alpha value is -3.68. The molecule has 1 heterocycles. The fourth-order valence-electron chi connectivity index (χ4n) is 2.45. The van der Waals surface area contributed by atoms with Gasteiger partial charge in [-0.05, 0) is 34.9 Å². The van der Waals surface area contributed by atoms with E-state index in [1.54, 1.807) is 18.2 Å². The van der Waals surface area contributed by atoms with Crippen molar-refractivity contribution in [3.05, 3.63) is 86.4 Å². The highest BCUT2D eigenvalue weighted by molar-refractivity contribution is 5.96. The number of nitrogens with one attached hydrogen (secondary N) is 3. The van der Waals surface area contributed by atoms with Crippen molar-refractivity contribution in [3.8, 4) is 11.1 Å². The minimum atomic E-state index is -0.822. The van der Waals surface area contributed by atoms with Crippen molar-refractivity contribution in [2.24, 2.45) is 0 Å². The number of hydrogen-bond donors (Lipinski definition) is 4. The number of hydrogen-bond acceptors (Lipinski definition) is 4. The lowest BCUT2D eigenvalue weighted by molar-refractivity contribution is 0.0946. The zero-order chi connectivity index (χ0) is 18.7. The quantitative estimate of drug-likeness (QED) is 0.565. The van der Waals surface area contributed by atoms with Crippen molar-refractivity contribution in [2.75, 3.05) is 5.73 Å². The number of benzene rings is 2. The van der Waals surface area contributed by atoms with Crippen molar-refractivity contribution in [2.45, 2.75) is 6.54 Å². The molecule has 0 unspecified atom stereocenters. The van der Waals surface area contributed by atoms with Crippen LogP contribution in [0.2, 0.25) is 0 Å². The highest BCUT2D eigenvalue weighted by Crippen LogP contribution is 2.20. The maximum absolute atomic E-state index is 13.0. The van der Waals surface area contributed by atoms with Crippen molar-refractivity contribution >= 4 is 11.6 Å². The molecule has 0 saturated carbocycles. The van der Waals surface area contributed by atoms with Crippen LogP contribution < -0.4 is 22.3 Å². The fraction of sp³-hybridized carbons (Fsp3) is 0.0556. The van der Waals surface area contributed by atoms with Crippen molar-refractivity contribution in [1.82, 2.24) is 15.3 Å². The van der Waals surface area contributed by atoms with E-state index in [1.165, 1.54) is 12.1 Å². The molecule has 8 heteroatoms. The number of carbonyl (C=O) groups excluding carboxylic acids is 1. The van der Waals surface area contributed by atoms with Gasteiger partial charge in [0.15, 0.2) is 0 Å². The maximum atomic E-state index is 13.0. The molecule has 0 aliphatic rings. The smallest absolute Gasteiger partial charge is 0.326 e. The molecular formula is C18H15FN4O3. The van der Waals surface area contributed by atoms with E-state index in [0.717, 1.165) is 16.7 Å². The van der Waals surface area contributed by atoms with Gasteiger partial charge in [0.1, 0.15) is 17.2 Å². The fourth-order valence-corrected chi connectivity index (χ4v) is 2.45. The normalized spacial score (nSPS) is 10.5. The van der Waals surface area contributed by atoms with E-state index in [9.17, 15) is 18.8 Å². The van der Waals surface area contributed by atoms with Crippen molar-refractivity contribution in [3.63, 3.8) is 0 Å². The second-order valence-corrected chi connectivity index (χ2v) is 5.59. The molecule has 0 atom stereocenters. The van der Waals surface area contributed by atoms with Crippen LogP contribution in [0.5, 0.6) is 0 Å². The molecule has 0 aliphatic heterocycles. The molecule has 1 aromatic heterocycles. The predicted molar refractivity (Wildman–Crippen MR) is 95.1 cm³/mol. The molecule has 0 bridgehead atoms. The van der Waals surface area contributed by atoms with Gasteiger partial charge in [-0.15, -0.1) is 0 Å². The first-order valence-corrected chi connectivity index (χ1v) is 7.69. The van der Waals surface area contributed by atoms with Gasteiger partial charge >= 0.3 is 5.69 Å². The zero-order valence-electron chi connectivity index (χ0n) is 13.5. The van der Waals surface area contributed by atoms with Gasteiger partial charge in [-0.3, -0.25) is 14.6 Å². The van der Waals surface area contributed by atoms with Crippen LogP contribution in [0.3, 0.4) is 0 Å². The summed E-state index contributed by atoms with van der Waals surface area (Å²) in [6, 6.07) is 13.4. The number of aromatic nitrogens is 2. The van der Waals surface area contributed by atoms with E-state index >= 15 is 0 Å². The second-order valence-electron chi connectivity index (χ2n) is 5.59. The van der Waals surface area contributed by atoms with E-state index in [0.29, 0.717) is 0 Å². The minimum absolute atomic E-state index is 0.155. The third-order valence-corrected chi connectivity index (χ3v) is 3.76. The van der Waals surface area contributed by atoms with Crippen LogP contribution in [-0.4, -0.2) is 15.9 Å². The van der Waals surface area contributed by atoms with E-state index in [-0.39, 0.29) is 23.7 Å². The summed E-state index contributed by atoms with van der Waals surface area (Å²) in [5.41, 5.74) is 5.73. The highest BCUT2D eigenvalue weighted by atomic mass is 19.1. The van der Waals surface area contributed by atoms with Crippen LogP contribution in [0, 0.1) is 5.82 Å². The van der Waals surface area contributed by atoms with Gasteiger partial charge in [0.05, 0.1) is 0 Å². The van der Waals surface area contributed by atoms with Gasteiger partial charge in [0.2, 0.25) is 0 Å². The summed E-state index contributed by atoms with van der Waals surface area (Å²) in [5.74, 6) is -0.987. The summed E-state index contributed by atoms with van der Waals surface area (Å²) in [6.07, 6.45) is 0. The number of halogens is 1. The lowest BCUT2D eigenvalue weighted by Crippen LogP contribution is -2.33. The SMILES string of the molecule is Nc1c(C(=O)NCc2cccc(-c3ccc(F)cc3)c2)[nH]c(=O)[nH]c1=O. The monoisotopic (exact) mass is 354 g/mol. The number of H-pyrrole nitrogens is 2. The summed E-state index contributed by atoms with van der Waals surface area (Å²) < 4.78 is 13.0. The van der Waals surface area contributed by atoms with Crippen LogP contribution in [0.1, 0.15) is 16.1 Å². The first-order valence-electron chi connectivity index (χ1n) is 7.69. The largest absolute Gasteiger partial charge is 0.392 e. The van der Waals surface area contributed by atoms with Gasteiger partial charge in [0, 0.05) is 6.54 Å². The summed E-state index contributed by atoms with van der Waals surface area (Å²) in [4.78, 5) is 39.1. The first kappa shape index (κ1) is 17.2. The summed E-state index contributed by atoms with van der Waals surface area (Å²) in [7, 11) is 0. The Balaban J connectivity index is 1.77. The van der Waals surface area contributed by atoms with Crippen LogP contribution in [-0.2, 0) is 6.54 Å². The summed E-state index contributed by atoms with van der Waals surface area (Å²) in [5, 5.41) is 2.60. The number of carbonyl (C=O) groups is 1. The number of rotatable bonds is 4. The molecule has 2 aromatic carbocycles. The maximum Gasteiger partial charge on any atom is 0.326 e. The lowest BCUT2D eigenvalue weighted by Gasteiger charge is -2.08. The molecular weight excluding hydrogens is 339 g/mol. The number of amides is 1. The minimum Gasteiger partial charge on any atom is -0.392 e. The predicted octanol–water partition coefficient (Wildman–Crippen LogP) is 1.38. The average Bonchev–Trinajstić information content (AvgIpc) is 2.63. The molecule has 132 valence electrons. The van der Waals surface area contributed by atoms with Gasteiger partial charge < -0.3 is 16.0 Å². The van der Waals surface area contributed by atoms with E-state index < -0.39 is 17.2 Å². The number of nitrogens with two attached hydrogens (primary N) is 1. The van der Waals surface area contributed by atoms with Crippen LogP contribution in [0.4, 0.5) is 10.1 Å². The molecule has 1 amide bonds. The molecule has 0 fully saturated rings. The molecule has 3 rings (SSSR count). The number of anilines is 1. The number of aromatic amines is 2. The Morgan fingerprint density at radius 2 is 1.77 bits per heavy atom. The molecule has 5 N–H and O–H groups in total. The molecule has 0 saturated heterocycles. The third-order valence-electron chi connectivity index (χ3n) is 3.76. The standard InChI is InChI=1S/C18H15FN4O3/c19-13-6-4-11(5-7-13)12-3-1-2-10(8-12)9-21-17(25)15-14(20)16(24)23-18(26)22-15/h1-8H,9,20H2,(H,21,25)(H2,22,23,24,26).